The van der Waals surface area contributed by atoms with Gasteiger partial charge in [0, 0.05) is 23.8 Å². The topological polar surface area (TPSA) is 198 Å². The first-order valence-corrected chi connectivity index (χ1v) is 11.3. The van der Waals surface area contributed by atoms with Gasteiger partial charge in [0.15, 0.2) is 5.82 Å². The van der Waals surface area contributed by atoms with Gasteiger partial charge in [-0.15, -0.1) is 0 Å². The third kappa shape index (κ3) is 6.87. The number of methoxy groups -OCH3 is 1. The molecule has 0 bridgehead atoms. The number of ether oxygens (including phenoxy) is 1. The largest absolute Gasteiger partial charge is 0.507 e. The van der Waals surface area contributed by atoms with Crippen molar-refractivity contribution in [3.05, 3.63) is 69.6 Å². The smallest absolute Gasteiger partial charge is 0.337 e. The highest BCUT2D eigenvalue weighted by Crippen LogP contribution is 2.24. The molecule has 0 saturated carbocycles. The second kappa shape index (κ2) is 12.4. The molecule has 0 aliphatic carbocycles. The number of phenols is 1. The number of nitrogens with one attached hydrogen (secondary N) is 3. The van der Waals surface area contributed by atoms with E-state index in [1.807, 2.05) is 13.8 Å². The predicted molar refractivity (Wildman–Crippen MR) is 146 cm³/mol. The number of amidine groups is 1. The fraction of sp³-hybridized carbons (Fsp3) is 0.269. The average molecular weight is 524 g/mol. The van der Waals surface area contributed by atoms with E-state index in [-0.39, 0.29) is 66.5 Å². The molecule has 2 aromatic carbocycles. The van der Waals surface area contributed by atoms with Crippen LogP contribution >= 0.6 is 0 Å². The lowest BCUT2D eigenvalue weighted by Gasteiger charge is -2.17. The summed E-state index contributed by atoms with van der Waals surface area (Å²) in [5, 5.41) is 23.1. The first kappa shape index (κ1) is 29.4. The van der Waals surface area contributed by atoms with Crippen LogP contribution in [0.1, 0.15) is 42.8 Å². The Kier molecular flexibility index (Phi) is 9.57. The molecular weight excluding hydrogens is 490 g/mol. The van der Waals surface area contributed by atoms with E-state index in [1.54, 1.807) is 12.1 Å². The van der Waals surface area contributed by atoms with Gasteiger partial charge in [-0.3, -0.25) is 19.6 Å². The Hall–Kier alpha value is -4.87. The molecule has 202 valence electrons. The first-order valence-electron chi connectivity index (χ1n) is 11.3. The van der Waals surface area contributed by atoms with E-state index in [4.69, 9.17) is 21.6 Å². The number of benzene rings is 2. The summed E-state index contributed by atoms with van der Waals surface area (Å²) in [6.07, 6.45) is 1.42. The van der Waals surface area contributed by atoms with Gasteiger partial charge in [0.05, 0.1) is 30.1 Å². The summed E-state index contributed by atoms with van der Waals surface area (Å²) in [5.74, 6) is -1.49. The molecule has 8 N–H and O–H groups in total. The van der Waals surface area contributed by atoms with Gasteiger partial charge in [-0.05, 0) is 49.7 Å². The van der Waals surface area contributed by atoms with Crippen molar-refractivity contribution in [2.75, 3.05) is 18.2 Å². The highest BCUT2D eigenvalue weighted by Gasteiger charge is 2.18. The Morgan fingerprint density at radius 2 is 1.92 bits per heavy atom. The minimum absolute atomic E-state index is 0. The molecule has 1 aromatic heterocycles. The number of nitrogen functional groups attached to an aromatic ring is 2. The molecule has 12 heteroatoms. The standard InChI is InChI=1S/C25H29N7O5.CH4/c1-13(2)31-23-24(35)32(12-21(34)29-10-14-4-5-18(22(27)28)20(33)6-14)19(11-30-23)15-7-16(25(36)37-3)9-17(26)8-15;/h4-9,11,13,33H,10,12,26H2,1-3H3,(H3,27,28)(H,29,34)(H,30,31);1H4. The van der Waals surface area contributed by atoms with Crippen LogP contribution in [0.25, 0.3) is 11.3 Å². The number of phenolic OH excluding ortho intramolecular Hbond substituents is 1. The van der Waals surface area contributed by atoms with Gasteiger partial charge in [-0.2, -0.15) is 0 Å². The van der Waals surface area contributed by atoms with Crippen LogP contribution in [0, 0.1) is 5.41 Å². The van der Waals surface area contributed by atoms with Gasteiger partial charge in [0.25, 0.3) is 5.56 Å². The highest BCUT2D eigenvalue weighted by molar-refractivity contribution is 5.97. The zero-order valence-corrected chi connectivity index (χ0v) is 20.7. The molecule has 0 atom stereocenters. The van der Waals surface area contributed by atoms with Gasteiger partial charge in [0.2, 0.25) is 5.91 Å². The minimum Gasteiger partial charge on any atom is -0.507 e. The van der Waals surface area contributed by atoms with Crippen molar-refractivity contribution in [1.82, 2.24) is 14.9 Å². The Labute approximate surface area is 220 Å². The number of aromatic nitrogens is 2. The Bertz CT molecular complexity index is 1420. The summed E-state index contributed by atoms with van der Waals surface area (Å²) >= 11 is 0. The van der Waals surface area contributed by atoms with E-state index in [2.05, 4.69) is 15.6 Å². The lowest BCUT2D eigenvalue weighted by atomic mass is 10.1. The summed E-state index contributed by atoms with van der Waals surface area (Å²) in [4.78, 5) is 42.5. The quantitative estimate of drug-likeness (QED) is 0.105. The number of nitrogens with zero attached hydrogens (tertiary/aromatic N) is 2. The third-order valence-electron chi connectivity index (χ3n) is 5.30. The second-order valence-corrected chi connectivity index (χ2v) is 8.56. The van der Waals surface area contributed by atoms with E-state index in [0.29, 0.717) is 11.1 Å². The third-order valence-corrected chi connectivity index (χ3v) is 5.30. The molecule has 0 aliphatic heterocycles. The van der Waals surface area contributed by atoms with E-state index >= 15 is 0 Å². The number of esters is 1. The van der Waals surface area contributed by atoms with Crippen LogP contribution in [0.3, 0.4) is 0 Å². The number of nitrogens with two attached hydrogens (primary N) is 2. The van der Waals surface area contributed by atoms with Gasteiger partial charge >= 0.3 is 5.97 Å². The molecule has 3 aromatic rings. The number of aromatic hydroxyl groups is 1. The molecule has 1 amide bonds. The van der Waals surface area contributed by atoms with Crippen molar-refractivity contribution < 1.29 is 19.4 Å². The molecule has 0 saturated heterocycles. The molecule has 38 heavy (non-hydrogen) atoms. The second-order valence-electron chi connectivity index (χ2n) is 8.56. The van der Waals surface area contributed by atoms with Crippen molar-refractivity contribution in [2.45, 2.75) is 40.4 Å². The number of carbonyl (C=O) groups is 2. The predicted octanol–water partition coefficient (Wildman–Crippen LogP) is 2.04. The van der Waals surface area contributed by atoms with Gasteiger partial charge in [-0.1, -0.05) is 13.5 Å². The molecule has 1 heterocycles. The van der Waals surface area contributed by atoms with Crippen LogP contribution < -0.4 is 27.7 Å². The van der Waals surface area contributed by atoms with Gasteiger partial charge < -0.3 is 31.9 Å². The van der Waals surface area contributed by atoms with Crippen molar-refractivity contribution in [1.29, 1.82) is 5.41 Å². The van der Waals surface area contributed by atoms with Crippen LogP contribution in [0.15, 0.2) is 47.4 Å². The summed E-state index contributed by atoms with van der Waals surface area (Å²) in [6.45, 7) is 3.39. The number of anilines is 2. The van der Waals surface area contributed by atoms with Gasteiger partial charge in [0.1, 0.15) is 18.1 Å². The van der Waals surface area contributed by atoms with Crippen molar-refractivity contribution in [2.24, 2.45) is 5.73 Å². The maximum absolute atomic E-state index is 13.3. The Morgan fingerprint density at radius 1 is 1.21 bits per heavy atom. The van der Waals surface area contributed by atoms with Crippen LogP contribution in [0.2, 0.25) is 0 Å². The monoisotopic (exact) mass is 523 g/mol. The number of amides is 1. The Morgan fingerprint density at radius 3 is 2.53 bits per heavy atom. The van der Waals surface area contributed by atoms with Crippen molar-refractivity contribution in [3.8, 4) is 17.0 Å². The fourth-order valence-electron chi connectivity index (χ4n) is 3.60. The summed E-state index contributed by atoms with van der Waals surface area (Å²) in [7, 11) is 1.24. The van der Waals surface area contributed by atoms with Gasteiger partial charge in [-0.25, -0.2) is 9.78 Å². The Balaban J connectivity index is 0.00000507. The van der Waals surface area contributed by atoms with E-state index < -0.39 is 17.4 Å². The zero-order valence-electron chi connectivity index (χ0n) is 20.7. The van der Waals surface area contributed by atoms with Crippen LogP contribution in [0.4, 0.5) is 11.5 Å². The average Bonchev–Trinajstić information content (AvgIpc) is 2.83. The summed E-state index contributed by atoms with van der Waals surface area (Å²) in [5.41, 5.74) is 12.7. The molecule has 0 spiro atoms. The molecule has 3 rings (SSSR count). The summed E-state index contributed by atoms with van der Waals surface area (Å²) < 4.78 is 6.01. The number of hydrogen-bond acceptors (Lipinski definition) is 9. The lowest BCUT2D eigenvalue weighted by molar-refractivity contribution is -0.121. The summed E-state index contributed by atoms with van der Waals surface area (Å²) in [6, 6.07) is 8.91. The minimum atomic E-state index is -0.606. The molecule has 12 nitrogen and oxygen atoms in total. The molecule has 0 radical (unpaired) electrons. The van der Waals surface area contributed by atoms with E-state index in [9.17, 15) is 19.5 Å². The molecule has 0 unspecified atom stereocenters. The van der Waals surface area contributed by atoms with Crippen LogP contribution in [-0.4, -0.2) is 45.5 Å². The highest BCUT2D eigenvalue weighted by atomic mass is 16.5. The lowest BCUT2D eigenvalue weighted by Crippen LogP contribution is -2.35. The zero-order chi connectivity index (χ0) is 27.3. The van der Waals surface area contributed by atoms with Crippen LogP contribution in [0.5, 0.6) is 5.75 Å². The molecule has 0 fully saturated rings. The molecule has 0 aliphatic rings. The van der Waals surface area contributed by atoms with E-state index in [1.165, 1.54) is 42.1 Å². The fourth-order valence-corrected chi connectivity index (χ4v) is 3.60. The van der Waals surface area contributed by atoms with Crippen LogP contribution in [-0.2, 0) is 22.6 Å². The maximum Gasteiger partial charge on any atom is 0.337 e. The number of carbonyl (C=O) groups excluding carboxylic acids is 2. The van der Waals surface area contributed by atoms with E-state index in [0.717, 1.165) is 0 Å². The SMILES string of the molecule is C.COC(=O)c1cc(N)cc(-c2cnc(NC(C)C)c(=O)n2CC(=O)NCc2ccc(C(=N)N)c(O)c2)c1. The van der Waals surface area contributed by atoms with Crippen molar-refractivity contribution in [3.63, 3.8) is 0 Å². The maximum atomic E-state index is 13.3. The molecular formula is C26H33N7O5. The number of hydrogen-bond donors (Lipinski definition) is 6. The first-order chi connectivity index (χ1) is 17.5. The normalized spacial score (nSPS) is 10.4. The number of rotatable bonds is 9. The van der Waals surface area contributed by atoms with Crippen molar-refractivity contribution >= 4 is 29.2 Å².